The van der Waals surface area contributed by atoms with Crippen molar-refractivity contribution in [1.82, 2.24) is 5.06 Å². The molecule has 1 saturated heterocycles. The molecule has 0 aromatic rings. The molecule has 0 saturated carbocycles. The first-order valence-corrected chi connectivity index (χ1v) is 3.67. The van der Waals surface area contributed by atoms with Crippen molar-refractivity contribution in [2.75, 3.05) is 13.7 Å². The predicted octanol–water partition coefficient (Wildman–Crippen LogP) is 0.544. The smallest absolute Gasteiger partial charge is 0.259 e. The summed E-state index contributed by atoms with van der Waals surface area (Å²) in [5.41, 5.74) is 0. The number of carbonyl (C=O) groups excluding carboxylic acids is 1. The molecule has 0 N–H and O–H groups in total. The minimum atomic E-state index is -0.0301. The summed E-state index contributed by atoms with van der Waals surface area (Å²) in [6.45, 7) is 0.700. The van der Waals surface area contributed by atoms with Crippen molar-refractivity contribution in [2.24, 2.45) is 0 Å². The first-order chi connectivity index (χ1) is 4.25. The van der Waals surface area contributed by atoms with Crippen molar-refractivity contribution >= 4 is 21.8 Å². The molecule has 0 spiro atoms. The van der Waals surface area contributed by atoms with Crippen LogP contribution in [-0.2, 0) is 9.63 Å². The van der Waals surface area contributed by atoms with Gasteiger partial charge in [0.15, 0.2) is 0 Å². The van der Waals surface area contributed by atoms with Gasteiger partial charge in [-0.2, -0.15) is 0 Å². The van der Waals surface area contributed by atoms with Crippen LogP contribution in [0, 0.1) is 0 Å². The summed E-state index contributed by atoms with van der Waals surface area (Å²) in [6, 6.07) is 0. The van der Waals surface area contributed by atoms with E-state index in [4.69, 9.17) is 4.84 Å². The maximum atomic E-state index is 10.9. The lowest BCUT2D eigenvalue weighted by molar-refractivity contribution is -0.166. The highest BCUT2D eigenvalue weighted by Crippen LogP contribution is 2.17. The Morgan fingerprint density at radius 2 is 2.56 bits per heavy atom. The molecule has 52 valence electrons. The highest BCUT2D eigenvalue weighted by Gasteiger charge is 2.29. The molecule has 0 aliphatic carbocycles. The molecule has 0 bridgehead atoms. The van der Waals surface area contributed by atoms with Gasteiger partial charge in [0.05, 0.1) is 18.5 Å². The lowest BCUT2D eigenvalue weighted by atomic mass is 10.4. The van der Waals surface area contributed by atoms with Crippen LogP contribution in [0.2, 0.25) is 0 Å². The molecule has 1 aliphatic rings. The number of hydrogen-bond acceptors (Lipinski definition) is 2. The Bertz CT molecular complexity index is 128. The highest BCUT2D eigenvalue weighted by atomic mass is 79.9. The number of amides is 1. The second-order valence-electron chi connectivity index (χ2n) is 1.88. The third-order valence-electron chi connectivity index (χ3n) is 1.32. The molecule has 1 fully saturated rings. The average molecular weight is 194 g/mol. The molecule has 1 heterocycles. The van der Waals surface area contributed by atoms with Gasteiger partial charge in [0.2, 0.25) is 0 Å². The van der Waals surface area contributed by atoms with Crippen LogP contribution >= 0.6 is 15.9 Å². The molecular formula is C5H8BrNO2. The van der Waals surface area contributed by atoms with Crippen LogP contribution in [0.15, 0.2) is 0 Å². The number of hydroxylamine groups is 2. The van der Waals surface area contributed by atoms with Gasteiger partial charge in [0.1, 0.15) is 0 Å². The molecule has 9 heavy (non-hydrogen) atoms. The fourth-order valence-electron chi connectivity index (χ4n) is 0.802. The van der Waals surface area contributed by atoms with E-state index in [-0.39, 0.29) is 10.7 Å². The molecule has 0 aromatic carbocycles. The third kappa shape index (κ3) is 1.24. The zero-order valence-electron chi connectivity index (χ0n) is 5.13. The Balaban J connectivity index is 2.51. The number of halogens is 1. The molecule has 1 rings (SSSR count). The predicted molar refractivity (Wildman–Crippen MR) is 36.1 cm³/mol. The van der Waals surface area contributed by atoms with Gasteiger partial charge in [-0.3, -0.25) is 9.63 Å². The summed E-state index contributed by atoms with van der Waals surface area (Å²) in [5, 5.41) is 1.36. The van der Waals surface area contributed by atoms with E-state index in [0.717, 1.165) is 6.42 Å². The minimum Gasteiger partial charge on any atom is -0.274 e. The van der Waals surface area contributed by atoms with Gasteiger partial charge in [0, 0.05) is 0 Å². The number of alkyl halides is 1. The van der Waals surface area contributed by atoms with Crippen molar-refractivity contribution in [3.63, 3.8) is 0 Å². The third-order valence-corrected chi connectivity index (χ3v) is 2.17. The van der Waals surface area contributed by atoms with Gasteiger partial charge >= 0.3 is 0 Å². The van der Waals surface area contributed by atoms with Crippen LogP contribution in [0.5, 0.6) is 0 Å². The Morgan fingerprint density at radius 1 is 1.89 bits per heavy atom. The van der Waals surface area contributed by atoms with Gasteiger partial charge in [0.25, 0.3) is 5.91 Å². The number of hydrogen-bond donors (Lipinski definition) is 0. The number of carbonyl (C=O) groups is 1. The summed E-state index contributed by atoms with van der Waals surface area (Å²) in [4.78, 5) is 15.6. The summed E-state index contributed by atoms with van der Waals surface area (Å²) in [7, 11) is 1.50. The van der Waals surface area contributed by atoms with Crippen molar-refractivity contribution in [3.8, 4) is 0 Å². The maximum Gasteiger partial charge on any atom is 0.259 e. The molecule has 1 aliphatic heterocycles. The largest absolute Gasteiger partial charge is 0.274 e. The van der Waals surface area contributed by atoms with Crippen LogP contribution in [-0.4, -0.2) is 29.5 Å². The van der Waals surface area contributed by atoms with Crippen LogP contribution in [0.25, 0.3) is 0 Å². The van der Waals surface area contributed by atoms with Gasteiger partial charge in [-0.15, -0.1) is 0 Å². The van der Waals surface area contributed by atoms with Gasteiger partial charge < -0.3 is 0 Å². The second-order valence-corrected chi connectivity index (χ2v) is 2.98. The molecule has 0 unspecified atom stereocenters. The Labute approximate surface area is 62.0 Å². The van der Waals surface area contributed by atoms with E-state index in [0.29, 0.717) is 6.54 Å². The first kappa shape index (κ1) is 7.02. The second kappa shape index (κ2) is 2.66. The van der Waals surface area contributed by atoms with Crippen molar-refractivity contribution in [3.05, 3.63) is 0 Å². The molecule has 1 amide bonds. The van der Waals surface area contributed by atoms with E-state index in [9.17, 15) is 4.79 Å². The van der Waals surface area contributed by atoms with Gasteiger partial charge in [-0.1, -0.05) is 15.9 Å². The van der Waals surface area contributed by atoms with Crippen LogP contribution < -0.4 is 0 Å². The summed E-state index contributed by atoms with van der Waals surface area (Å²) in [6.07, 6.45) is 0.840. The van der Waals surface area contributed by atoms with Crippen molar-refractivity contribution in [2.45, 2.75) is 11.2 Å². The number of rotatable bonds is 1. The van der Waals surface area contributed by atoms with E-state index in [2.05, 4.69) is 15.9 Å². The lowest BCUT2D eigenvalue weighted by Crippen LogP contribution is -2.25. The summed E-state index contributed by atoms with van der Waals surface area (Å²) >= 11 is 3.21. The lowest BCUT2D eigenvalue weighted by Gasteiger charge is -2.10. The Kier molecular flexibility index (Phi) is 2.08. The molecule has 3 nitrogen and oxygen atoms in total. The monoisotopic (exact) mass is 193 g/mol. The SMILES string of the molecule is CON1CC[C@H](Br)C1=O. The van der Waals surface area contributed by atoms with E-state index in [1.54, 1.807) is 0 Å². The zero-order chi connectivity index (χ0) is 6.85. The Hall–Kier alpha value is -0.0900. The minimum absolute atomic E-state index is 0.0255. The van der Waals surface area contributed by atoms with Crippen molar-refractivity contribution < 1.29 is 9.63 Å². The topological polar surface area (TPSA) is 29.5 Å². The van der Waals surface area contributed by atoms with Crippen LogP contribution in [0.1, 0.15) is 6.42 Å². The molecule has 0 aromatic heterocycles. The van der Waals surface area contributed by atoms with Gasteiger partial charge in [-0.05, 0) is 6.42 Å². The molecular weight excluding hydrogens is 186 g/mol. The number of nitrogens with zero attached hydrogens (tertiary/aromatic N) is 1. The van der Waals surface area contributed by atoms with Crippen LogP contribution in [0.3, 0.4) is 0 Å². The average Bonchev–Trinajstić information content (AvgIpc) is 2.15. The van der Waals surface area contributed by atoms with Gasteiger partial charge in [-0.25, -0.2) is 5.06 Å². The van der Waals surface area contributed by atoms with Crippen molar-refractivity contribution in [1.29, 1.82) is 0 Å². The first-order valence-electron chi connectivity index (χ1n) is 2.75. The van der Waals surface area contributed by atoms with E-state index in [1.165, 1.54) is 12.2 Å². The van der Waals surface area contributed by atoms with Crippen LogP contribution in [0.4, 0.5) is 0 Å². The van der Waals surface area contributed by atoms with E-state index < -0.39 is 0 Å². The normalized spacial score (nSPS) is 27.6. The fourth-order valence-corrected chi connectivity index (χ4v) is 1.23. The highest BCUT2D eigenvalue weighted by molar-refractivity contribution is 9.10. The summed E-state index contributed by atoms with van der Waals surface area (Å²) in [5.74, 6) is 0.0255. The van der Waals surface area contributed by atoms with E-state index in [1.807, 2.05) is 0 Å². The molecule has 1 atom stereocenters. The summed E-state index contributed by atoms with van der Waals surface area (Å²) < 4.78 is 0. The zero-order valence-corrected chi connectivity index (χ0v) is 6.72. The maximum absolute atomic E-state index is 10.9. The molecule has 4 heteroatoms. The molecule has 0 radical (unpaired) electrons. The van der Waals surface area contributed by atoms with E-state index >= 15 is 0 Å². The standard InChI is InChI=1S/C5H8BrNO2/c1-9-7-3-2-4(6)5(7)8/h4H,2-3H2,1H3/t4-/m0/s1. The quantitative estimate of drug-likeness (QED) is 0.570. The Morgan fingerprint density at radius 3 is 2.78 bits per heavy atom. The fraction of sp³-hybridized carbons (Fsp3) is 0.800.